The summed E-state index contributed by atoms with van der Waals surface area (Å²) in [6.07, 6.45) is 2.29. The van der Waals surface area contributed by atoms with Crippen molar-refractivity contribution in [3.05, 3.63) is 99.2 Å². The van der Waals surface area contributed by atoms with Gasteiger partial charge in [-0.2, -0.15) is 0 Å². The Morgan fingerprint density at radius 2 is 1.67 bits per heavy atom. The summed E-state index contributed by atoms with van der Waals surface area (Å²) in [5.41, 5.74) is 4.17. The lowest BCUT2D eigenvalue weighted by Gasteiger charge is -2.09. The molecule has 0 unspecified atom stereocenters. The van der Waals surface area contributed by atoms with E-state index in [2.05, 4.69) is 15.3 Å². The molecule has 6 heteroatoms. The van der Waals surface area contributed by atoms with Crippen molar-refractivity contribution in [3.63, 3.8) is 0 Å². The van der Waals surface area contributed by atoms with Gasteiger partial charge in [-0.3, -0.25) is 9.78 Å². The van der Waals surface area contributed by atoms with Crippen LogP contribution in [0.25, 0.3) is 0 Å². The van der Waals surface area contributed by atoms with Crippen LogP contribution in [0.5, 0.6) is 0 Å². The minimum atomic E-state index is -0.434. The number of ether oxygens (including phenoxy) is 1. The van der Waals surface area contributed by atoms with Crippen molar-refractivity contribution in [2.75, 3.05) is 6.54 Å². The molecule has 0 bridgehead atoms. The molecule has 0 radical (unpaired) electrons. The fraction of sp³-hybridized carbons (Fsp3) is 0.292. The highest BCUT2D eigenvalue weighted by atomic mass is 16.5. The van der Waals surface area contributed by atoms with Crippen LogP contribution in [0.15, 0.2) is 65.5 Å². The molecule has 2 aromatic carbocycles. The maximum absolute atomic E-state index is 12.4. The Labute approximate surface area is 176 Å². The number of H-pyrrole nitrogens is 1. The number of aryl methyl sites for hydroxylation is 2. The van der Waals surface area contributed by atoms with Crippen molar-refractivity contribution in [2.24, 2.45) is 0 Å². The molecule has 0 atom stereocenters. The third-order valence-electron chi connectivity index (χ3n) is 4.81. The number of unbranched alkanes of at least 4 members (excludes halogenated alkanes) is 1. The molecule has 3 aromatic rings. The fourth-order valence-corrected chi connectivity index (χ4v) is 3.14. The molecule has 1 heterocycles. The average molecular weight is 405 g/mol. The van der Waals surface area contributed by atoms with E-state index in [1.165, 1.54) is 0 Å². The maximum Gasteiger partial charge on any atom is 0.407 e. The summed E-state index contributed by atoms with van der Waals surface area (Å²) in [7, 11) is 0. The number of nitrogens with one attached hydrogen (secondary N) is 2. The van der Waals surface area contributed by atoms with Gasteiger partial charge in [-0.25, -0.2) is 4.79 Å². The van der Waals surface area contributed by atoms with Crippen molar-refractivity contribution >= 4 is 6.09 Å². The van der Waals surface area contributed by atoms with Crippen LogP contribution in [0.4, 0.5) is 4.79 Å². The monoisotopic (exact) mass is 405 g/mol. The number of amides is 1. The molecule has 0 aliphatic rings. The van der Waals surface area contributed by atoms with Gasteiger partial charge in [0.25, 0.3) is 5.56 Å². The second kappa shape index (κ2) is 11.0. The zero-order valence-electron chi connectivity index (χ0n) is 17.2. The Hall–Kier alpha value is -3.41. The molecule has 30 heavy (non-hydrogen) atoms. The number of hydrogen-bond acceptors (Lipinski definition) is 4. The van der Waals surface area contributed by atoms with Crippen molar-refractivity contribution in [1.29, 1.82) is 0 Å². The molecule has 0 fully saturated rings. The SMILES string of the molecule is Cc1nc(CCCCNC(=O)OCc2ccccc2)c(=O)[nH]c1Cc1ccccc1. The number of carbonyl (C=O) groups excluding carboxylic acids is 1. The third-order valence-corrected chi connectivity index (χ3v) is 4.81. The number of hydrogen-bond donors (Lipinski definition) is 2. The number of aromatic amines is 1. The molecule has 0 spiro atoms. The Kier molecular flexibility index (Phi) is 7.78. The minimum absolute atomic E-state index is 0.137. The quantitative estimate of drug-likeness (QED) is 0.529. The van der Waals surface area contributed by atoms with E-state index in [-0.39, 0.29) is 12.2 Å². The molecule has 1 aromatic heterocycles. The van der Waals surface area contributed by atoms with Crippen molar-refractivity contribution in [2.45, 2.75) is 39.2 Å². The lowest BCUT2D eigenvalue weighted by molar-refractivity contribution is 0.139. The van der Waals surface area contributed by atoms with Gasteiger partial charge in [-0.15, -0.1) is 0 Å². The van der Waals surface area contributed by atoms with E-state index in [1.54, 1.807) is 0 Å². The van der Waals surface area contributed by atoms with E-state index >= 15 is 0 Å². The summed E-state index contributed by atoms with van der Waals surface area (Å²) in [6.45, 7) is 2.67. The topological polar surface area (TPSA) is 84.1 Å². The van der Waals surface area contributed by atoms with Crippen LogP contribution < -0.4 is 10.9 Å². The highest BCUT2D eigenvalue weighted by Crippen LogP contribution is 2.09. The number of nitrogens with zero attached hydrogens (tertiary/aromatic N) is 1. The smallest absolute Gasteiger partial charge is 0.407 e. The Morgan fingerprint density at radius 1 is 1.00 bits per heavy atom. The molecule has 1 amide bonds. The third kappa shape index (κ3) is 6.58. The van der Waals surface area contributed by atoms with Gasteiger partial charge in [0.1, 0.15) is 12.3 Å². The van der Waals surface area contributed by atoms with E-state index < -0.39 is 6.09 Å². The summed E-state index contributed by atoms with van der Waals surface area (Å²) < 4.78 is 5.17. The standard InChI is InChI=1S/C24H27N3O3/c1-18-22(16-19-10-4-2-5-11-19)27-23(28)21(26-18)14-8-9-15-25-24(29)30-17-20-12-6-3-7-13-20/h2-7,10-13H,8-9,14-17H2,1H3,(H,25,29)(H,27,28). The number of rotatable bonds is 9. The second-order valence-electron chi connectivity index (χ2n) is 7.18. The number of benzene rings is 2. The zero-order chi connectivity index (χ0) is 21.2. The molecule has 156 valence electrons. The first-order valence-corrected chi connectivity index (χ1v) is 10.2. The van der Waals surface area contributed by atoms with Crippen LogP contribution in [0, 0.1) is 6.92 Å². The van der Waals surface area contributed by atoms with Crippen LogP contribution in [0.3, 0.4) is 0 Å². The van der Waals surface area contributed by atoms with E-state index in [0.717, 1.165) is 35.4 Å². The molecule has 0 saturated carbocycles. The molecular formula is C24H27N3O3. The predicted octanol–water partition coefficient (Wildman–Crippen LogP) is 3.92. The van der Waals surface area contributed by atoms with Gasteiger partial charge in [0, 0.05) is 18.7 Å². The van der Waals surface area contributed by atoms with E-state index in [4.69, 9.17) is 4.74 Å². The summed E-state index contributed by atoms with van der Waals surface area (Å²) in [4.78, 5) is 31.6. The Balaban J connectivity index is 1.40. The summed E-state index contributed by atoms with van der Waals surface area (Å²) in [5, 5.41) is 2.73. The summed E-state index contributed by atoms with van der Waals surface area (Å²) in [5.74, 6) is 0. The average Bonchev–Trinajstić information content (AvgIpc) is 2.76. The van der Waals surface area contributed by atoms with Crippen LogP contribution in [-0.2, 0) is 24.2 Å². The van der Waals surface area contributed by atoms with Gasteiger partial charge >= 0.3 is 6.09 Å². The first-order chi connectivity index (χ1) is 14.6. The van der Waals surface area contributed by atoms with Crippen LogP contribution in [0.1, 0.15) is 41.1 Å². The molecule has 6 nitrogen and oxygen atoms in total. The first-order valence-electron chi connectivity index (χ1n) is 10.2. The molecule has 3 rings (SSSR count). The lowest BCUT2D eigenvalue weighted by Crippen LogP contribution is -2.25. The predicted molar refractivity (Wildman–Crippen MR) is 116 cm³/mol. The second-order valence-corrected chi connectivity index (χ2v) is 7.18. The van der Waals surface area contributed by atoms with Crippen molar-refractivity contribution in [1.82, 2.24) is 15.3 Å². The van der Waals surface area contributed by atoms with Gasteiger partial charge in [-0.1, -0.05) is 60.7 Å². The number of carbonyl (C=O) groups is 1. The maximum atomic E-state index is 12.4. The van der Waals surface area contributed by atoms with Crippen molar-refractivity contribution in [3.8, 4) is 0 Å². The van der Waals surface area contributed by atoms with E-state index in [1.807, 2.05) is 67.6 Å². The Morgan fingerprint density at radius 3 is 2.37 bits per heavy atom. The zero-order valence-corrected chi connectivity index (χ0v) is 17.2. The highest BCUT2D eigenvalue weighted by Gasteiger charge is 2.09. The Bertz CT molecular complexity index is 1000. The van der Waals surface area contributed by atoms with Crippen LogP contribution >= 0.6 is 0 Å². The lowest BCUT2D eigenvalue weighted by atomic mass is 10.1. The van der Waals surface area contributed by atoms with Gasteiger partial charge in [0.05, 0.1) is 5.69 Å². The fourth-order valence-electron chi connectivity index (χ4n) is 3.14. The van der Waals surface area contributed by atoms with E-state index in [9.17, 15) is 9.59 Å². The largest absolute Gasteiger partial charge is 0.445 e. The van der Waals surface area contributed by atoms with Gasteiger partial charge in [-0.05, 0) is 37.3 Å². The normalized spacial score (nSPS) is 10.6. The minimum Gasteiger partial charge on any atom is -0.445 e. The van der Waals surface area contributed by atoms with Gasteiger partial charge in [0.2, 0.25) is 0 Å². The molecule has 0 aliphatic carbocycles. The van der Waals surface area contributed by atoms with Crippen LogP contribution in [0.2, 0.25) is 0 Å². The van der Waals surface area contributed by atoms with Gasteiger partial charge in [0.15, 0.2) is 0 Å². The van der Waals surface area contributed by atoms with Crippen molar-refractivity contribution < 1.29 is 9.53 Å². The van der Waals surface area contributed by atoms with Gasteiger partial charge < -0.3 is 15.0 Å². The van der Waals surface area contributed by atoms with E-state index in [0.29, 0.717) is 25.1 Å². The first kappa shape index (κ1) is 21.3. The summed E-state index contributed by atoms with van der Waals surface area (Å²) in [6, 6.07) is 19.5. The molecule has 0 saturated heterocycles. The molecular weight excluding hydrogens is 378 g/mol. The van der Waals surface area contributed by atoms with Crippen LogP contribution in [-0.4, -0.2) is 22.6 Å². The number of alkyl carbamates (subject to hydrolysis) is 1. The molecule has 0 aliphatic heterocycles. The number of aromatic nitrogens is 2. The summed E-state index contributed by atoms with van der Waals surface area (Å²) >= 11 is 0. The highest BCUT2D eigenvalue weighted by molar-refractivity contribution is 5.67. The molecule has 2 N–H and O–H groups in total.